The number of ether oxygens (including phenoxy) is 3. The molecule has 0 saturated carbocycles. The Hall–Kier alpha value is -4.26. The largest absolute Gasteiger partial charge is 0.573 e. The van der Waals surface area contributed by atoms with Crippen LogP contribution in [0.3, 0.4) is 0 Å². The first kappa shape index (κ1) is 29.7. The normalized spacial score (nSPS) is 11.5. The topological polar surface area (TPSA) is 117 Å². The summed E-state index contributed by atoms with van der Waals surface area (Å²) in [5.74, 6) is 0.0711. The third-order valence-electron chi connectivity index (χ3n) is 5.44. The highest BCUT2D eigenvalue weighted by molar-refractivity contribution is 7.98. The van der Waals surface area contributed by atoms with Crippen LogP contribution >= 0.6 is 11.8 Å². The Balaban J connectivity index is 1.62. The van der Waals surface area contributed by atoms with E-state index in [0.29, 0.717) is 40.0 Å². The van der Waals surface area contributed by atoms with Crippen molar-refractivity contribution in [1.82, 2.24) is 15.0 Å². The molecule has 0 aliphatic carbocycles. The molecule has 0 unspecified atom stereocenters. The summed E-state index contributed by atoms with van der Waals surface area (Å²) in [5.41, 5.74) is 3.07. The molecule has 0 spiro atoms. The van der Waals surface area contributed by atoms with Gasteiger partial charge in [0.15, 0.2) is 12.4 Å². The molecular formula is C28H26F3N3O6S. The van der Waals surface area contributed by atoms with Crippen LogP contribution in [0.15, 0.2) is 58.1 Å². The SMILES string of the molecule is Cc1cc(SCc2nc(-c3cnc(OC(C)C)nc3)c(-c3ccc(OC(F)(F)F)cc3)o2)c(C)cc1OCC(=O)O. The summed E-state index contributed by atoms with van der Waals surface area (Å²) in [6, 6.07) is 9.14. The number of aliphatic carboxylic acids is 1. The van der Waals surface area contributed by atoms with Crippen molar-refractivity contribution in [2.24, 2.45) is 0 Å². The fourth-order valence-corrected chi connectivity index (χ4v) is 4.64. The lowest BCUT2D eigenvalue weighted by atomic mass is 10.1. The van der Waals surface area contributed by atoms with Crippen LogP contribution < -0.4 is 14.2 Å². The summed E-state index contributed by atoms with van der Waals surface area (Å²) in [4.78, 5) is 24.9. The van der Waals surface area contributed by atoms with E-state index in [0.717, 1.165) is 16.0 Å². The highest BCUT2D eigenvalue weighted by atomic mass is 32.2. The predicted molar refractivity (Wildman–Crippen MR) is 144 cm³/mol. The van der Waals surface area contributed by atoms with Crippen LogP contribution in [0.2, 0.25) is 0 Å². The zero-order valence-electron chi connectivity index (χ0n) is 22.5. The molecule has 0 amide bonds. The first-order valence-corrected chi connectivity index (χ1v) is 13.3. The van der Waals surface area contributed by atoms with Crippen molar-refractivity contribution < 1.29 is 41.7 Å². The van der Waals surface area contributed by atoms with Gasteiger partial charge in [-0.05, 0) is 75.2 Å². The summed E-state index contributed by atoms with van der Waals surface area (Å²) in [7, 11) is 0. The van der Waals surface area contributed by atoms with E-state index in [1.807, 2.05) is 33.8 Å². The Labute approximate surface area is 237 Å². The molecule has 0 radical (unpaired) electrons. The first-order valence-electron chi connectivity index (χ1n) is 12.3. The second-order valence-corrected chi connectivity index (χ2v) is 10.1. The highest BCUT2D eigenvalue weighted by Crippen LogP contribution is 2.37. The number of carbonyl (C=O) groups is 1. The molecule has 9 nitrogen and oxygen atoms in total. The van der Waals surface area contributed by atoms with Gasteiger partial charge >= 0.3 is 18.3 Å². The molecule has 4 aromatic rings. The van der Waals surface area contributed by atoms with Crippen molar-refractivity contribution in [1.29, 1.82) is 0 Å². The Kier molecular flexibility index (Phi) is 9.06. The lowest BCUT2D eigenvalue weighted by Gasteiger charge is -2.11. The Bertz CT molecular complexity index is 1510. The van der Waals surface area contributed by atoms with E-state index in [1.54, 1.807) is 6.07 Å². The molecule has 216 valence electrons. The average molecular weight is 590 g/mol. The summed E-state index contributed by atoms with van der Waals surface area (Å²) >= 11 is 1.45. The molecule has 0 fully saturated rings. The molecule has 2 aromatic carbocycles. The number of hydrogen-bond donors (Lipinski definition) is 1. The van der Waals surface area contributed by atoms with Crippen LogP contribution in [-0.4, -0.2) is 45.1 Å². The monoisotopic (exact) mass is 589 g/mol. The number of alkyl halides is 3. The van der Waals surface area contributed by atoms with Gasteiger partial charge in [0.2, 0.25) is 5.89 Å². The number of carboxylic acid groups (broad SMARTS) is 1. The lowest BCUT2D eigenvalue weighted by Crippen LogP contribution is -2.16. The maximum Gasteiger partial charge on any atom is 0.573 e. The Morgan fingerprint density at radius 2 is 1.73 bits per heavy atom. The van der Waals surface area contributed by atoms with Crippen molar-refractivity contribution in [3.63, 3.8) is 0 Å². The summed E-state index contributed by atoms with van der Waals surface area (Å²) < 4.78 is 58.8. The maximum atomic E-state index is 12.6. The number of carboxylic acids is 1. The van der Waals surface area contributed by atoms with E-state index in [9.17, 15) is 18.0 Å². The van der Waals surface area contributed by atoms with Crippen molar-refractivity contribution >= 4 is 17.7 Å². The molecule has 41 heavy (non-hydrogen) atoms. The number of hydrogen-bond acceptors (Lipinski definition) is 9. The number of benzene rings is 2. The van der Waals surface area contributed by atoms with Gasteiger partial charge in [0.05, 0.1) is 11.9 Å². The fraction of sp³-hybridized carbons (Fsp3) is 0.286. The van der Waals surface area contributed by atoms with Gasteiger partial charge in [-0.3, -0.25) is 0 Å². The molecule has 4 rings (SSSR count). The predicted octanol–water partition coefficient (Wildman–Crippen LogP) is 6.86. The van der Waals surface area contributed by atoms with E-state index in [1.165, 1.54) is 48.4 Å². The zero-order chi connectivity index (χ0) is 29.7. The second kappa shape index (κ2) is 12.5. The van der Waals surface area contributed by atoms with Gasteiger partial charge in [-0.1, -0.05) is 0 Å². The Morgan fingerprint density at radius 3 is 2.34 bits per heavy atom. The van der Waals surface area contributed by atoms with Crippen molar-refractivity contribution in [3.8, 4) is 40.1 Å². The van der Waals surface area contributed by atoms with Gasteiger partial charge in [-0.25, -0.2) is 19.7 Å². The average Bonchev–Trinajstić information content (AvgIpc) is 3.32. The summed E-state index contributed by atoms with van der Waals surface area (Å²) in [6.45, 7) is 6.96. The van der Waals surface area contributed by atoms with Crippen molar-refractivity contribution in [2.75, 3.05) is 6.61 Å². The van der Waals surface area contributed by atoms with E-state index < -0.39 is 18.9 Å². The van der Waals surface area contributed by atoms with Crippen molar-refractivity contribution in [2.45, 2.75) is 50.8 Å². The second-order valence-electron chi connectivity index (χ2n) is 9.13. The quantitative estimate of drug-likeness (QED) is 0.186. The van der Waals surface area contributed by atoms with Gasteiger partial charge in [0, 0.05) is 28.4 Å². The first-order chi connectivity index (χ1) is 19.4. The molecule has 2 aromatic heterocycles. The van der Waals surface area contributed by atoms with Crippen LogP contribution in [0, 0.1) is 13.8 Å². The van der Waals surface area contributed by atoms with Crippen LogP contribution in [0.1, 0.15) is 30.9 Å². The standard InChI is InChI=1S/C28H26F3N3O6S/c1-15(2)38-27-32-11-19(12-33-27)25-26(18-5-7-20(8-6-18)40-28(29,30)31)39-23(34-25)14-41-22-10-16(3)21(9-17(22)4)37-13-24(35)36/h5-12,15H,13-14H2,1-4H3,(H,35,36). The summed E-state index contributed by atoms with van der Waals surface area (Å²) in [5, 5.41) is 8.88. The number of oxazole rings is 1. The van der Waals surface area contributed by atoms with Crippen molar-refractivity contribution in [3.05, 3.63) is 65.8 Å². The van der Waals surface area contributed by atoms with Crippen LogP contribution in [0.5, 0.6) is 17.5 Å². The third-order valence-corrected chi connectivity index (χ3v) is 6.58. The van der Waals surface area contributed by atoms with Gasteiger partial charge < -0.3 is 23.7 Å². The molecule has 0 atom stereocenters. The number of aryl methyl sites for hydroxylation is 2. The molecule has 2 heterocycles. The van der Waals surface area contributed by atoms with Gasteiger partial charge in [-0.15, -0.1) is 24.9 Å². The lowest BCUT2D eigenvalue weighted by molar-refractivity contribution is -0.274. The molecule has 0 bridgehead atoms. The summed E-state index contributed by atoms with van der Waals surface area (Å²) in [6.07, 6.45) is -1.85. The van der Waals surface area contributed by atoms with E-state index in [2.05, 4.69) is 19.7 Å². The molecular weight excluding hydrogens is 563 g/mol. The molecule has 13 heteroatoms. The highest BCUT2D eigenvalue weighted by Gasteiger charge is 2.31. The molecule has 0 saturated heterocycles. The minimum atomic E-state index is -4.81. The van der Waals surface area contributed by atoms with E-state index in [-0.39, 0.29) is 17.9 Å². The Morgan fingerprint density at radius 1 is 1.05 bits per heavy atom. The van der Waals surface area contributed by atoms with Gasteiger partial charge in [-0.2, -0.15) is 0 Å². The smallest absolute Gasteiger partial charge is 0.482 e. The number of halogens is 3. The van der Waals surface area contributed by atoms with Gasteiger partial charge in [0.1, 0.15) is 17.2 Å². The fourth-order valence-electron chi connectivity index (χ4n) is 3.69. The van der Waals surface area contributed by atoms with E-state index in [4.69, 9.17) is 19.0 Å². The number of rotatable bonds is 11. The number of nitrogens with zero attached hydrogens (tertiary/aromatic N) is 3. The maximum absolute atomic E-state index is 12.6. The zero-order valence-corrected chi connectivity index (χ0v) is 23.3. The molecule has 1 N–H and O–H groups in total. The minimum Gasteiger partial charge on any atom is -0.482 e. The number of aromatic nitrogens is 3. The van der Waals surface area contributed by atoms with Crippen LogP contribution in [-0.2, 0) is 10.5 Å². The van der Waals surface area contributed by atoms with Gasteiger partial charge in [0.25, 0.3) is 0 Å². The minimum absolute atomic E-state index is 0.116. The molecule has 0 aliphatic heterocycles. The van der Waals surface area contributed by atoms with E-state index >= 15 is 0 Å². The number of thioether (sulfide) groups is 1. The van der Waals surface area contributed by atoms with Crippen LogP contribution in [0.25, 0.3) is 22.6 Å². The third kappa shape index (κ3) is 8.13. The van der Waals surface area contributed by atoms with Crippen LogP contribution in [0.4, 0.5) is 13.2 Å². The molecule has 0 aliphatic rings.